The number of carboxylic acid groups (broad SMARTS) is 1. The third-order valence-electron chi connectivity index (χ3n) is 3.41. The zero-order chi connectivity index (χ0) is 15.0. The molecule has 1 unspecified atom stereocenters. The van der Waals surface area contributed by atoms with Gasteiger partial charge >= 0.3 is 5.97 Å². The number of carboxylic acids is 1. The molecule has 0 fully saturated rings. The topological polar surface area (TPSA) is 70.5 Å². The maximum atomic E-state index is 12.7. The number of amides is 1. The van der Waals surface area contributed by atoms with Crippen molar-refractivity contribution in [3.05, 3.63) is 58.3 Å². The van der Waals surface area contributed by atoms with Gasteiger partial charge in [-0.05, 0) is 39.7 Å². The fraction of sp³-hybridized carbons (Fsp3) is 0.133. The van der Waals surface area contributed by atoms with Crippen LogP contribution in [0.5, 0.6) is 0 Å². The molecule has 6 heteroatoms. The van der Waals surface area contributed by atoms with Crippen LogP contribution in [0.4, 0.5) is 5.69 Å². The number of halogens is 1. The van der Waals surface area contributed by atoms with Crippen LogP contribution in [0, 0.1) is 0 Å². The first-order chi connectivity index (χ1) is 10.1. The lowest BCUT2D eigenvalue weighted by atomic mass is 10.1. The maximum Gasteiger partial charge on any atom is 0.327 e. The van der Waals surface area contributed by atoms with Crippen molar-refractivity contribution in [2.24, 2.45) is 0 Å². The van der Waals surface area contributed by atoms with Crippen molar-refractivity contribution in [3.63, 3.8) is 0 Å². The Kier molecular flexibility index (Phi) is 3.47. The average Bonchev–Trinajstić information content (AvgIpc) is 2.86. The van der Waals surface area contributed by atoms with E-state index in [9.17, 15) is 14.7 Å². The molecule has 1 aliphatic rings. The highest BCUT2D eigenvalue weighted by Gasteiger charge is 2.39. The molecule has 1 amide bonds. The number of hydrogen-bond acceptors (Lipinski definition) is 3. The SMILES string of the molecule is O=C(O)C1Cc2ccccc2N1C(=O)c1cccc(Br)n1. The molecular weight excluding hydrogens is 336 g/mol. The zero-order valence-corrected chi connectivity index (χ0v) is 12.4. The van der Waals surface area contributed by atoms with Crippen molar-refractivity contribution in [1.82, 2.24) is 4.98 Å². The van der Waals surface area contributed by atoms with Crippen LogP contribution < -0.4 is 4.90 Å². The number of aromatic nitrogens is 1. The van der Waals surface area contributed by atoms with Crippen molar-refractivity contribution >= 4 is 33.5 Å². The highest BCUT2D eigenvalue weighted by molar-refractivity contribution is 9.10. The van der Waals surface area contributed by atoms with Gasteiger partial charge in [-0.15, -0.1) is 0 Å². The number of nitrogens with zero attached hydrogens (tertiary/aromatic N) is 2. The zero-order valence-electron chi connectivity index (χ0n) is 10.9. The first-order valence-electron chi connectivity index (χ1n) is 6.35. The van der Waals surface area contributed by atoms with Crippen LogP contribution in [0.3, 0.4) is 0 Å². The van der Waals surface area contributed by atoms with Crippen molar-refractivity contribution < 1.29 is 14.7 Å². The van der Waals surface area contributed by atoms with E-state index in [1.165, 1.54) is 4.90 Å². The van der Waals surface area contributed by atoms with Crippen LogP contribution in [-0.4, -0.2) is 28.0 Å². The summed E-state index contributed by atoms with van der Waals surface area (Å²) in [5.74, 6) is -1.43. The van der Waals surface area contributed by atoms with E-state index in [4.69, 9.17) is 0 Å². The number of hydrogen-bond donors (Lipinski definition) is 1. The summed E-state index contributed by atoms with van der Waals surface area (Å²) < 4.78 is 0.535. The minimum Gasteiger partial charge on any atom is -0.480 e. The van der Waals surface area contributed by atoms with Crippen molar-refractivity contribution in [1.29, 1.82) is 0 Å². The molecule has 0 saturated heterocycles. The first kappa shape index (κ1) is 13.8. The second-order valence-corrected chi connectivity index (χ2v) is 5.52. The summed E-state index contributed by atoms with van der Waals surface area (Å²) in [4.78, 5) is 29.5. The highest BCUT2D eigenvalue weighted by atomic mass is 79.9. The van der Waals surface area contributed by atoms with E-state index in [1.54, 1.807) is 30.3 Å². The van der Waals surface area contributed by atoms with E-state index in [0.717, 1.165) is 5.56 Å². The van der Waals surface area contributed by atoms with Gasteiger partial charge in [0.15, 0.2) is 0 Å². The summed E-state index contributed by atoms with van der Waals surface area (Å²) >= 11 is 3.22. The Labute approximate surface area is 129 Å². The lowest BCUT2D eigenvalue weighted by molar-refractivity contribution is -0.138. The summed E-state index contributed by atoms with van der Waals surface area (Å²) in [5, 5.41) is 9.38. The molecular formula is C15H11BrN2O3. The van der Waals surface area contributed by atoms with Crippen molar-refractivity contribution in [3.8, 4) is 0 Å². The standard InChI is InChI=1S/C15H11BrN2O3/c16-13-7-3-5-10(17-13)14(19)18-11-6-2-1-4-9(11)8-12(18)15(20)21/h1-7,12H,8H2,(H,20,21). The highest BCUT2D eigenvalue weighted by Crippen LogP contribution is 2.33. The Morgan fingerprint density at radius 2 is 1.95 bits per heavy atom. The van der Waals surface area contributed by atoms with Crippen LogP contribution in [0.15, 0.2) is 47.1 Å². The van der Waals surface area contributed by atoms with Crippen LogP contribution in [0.25, 0.3) is 0 Å². The Morgan fingerprint density at radius 3 is 2.67 bits per heavy atom. The molecule has 5 nitrogen and oxygen atoms in total. The number of pyridine rings is 1. The number of benzene rings is 1. The molecule has 1 atom stereocenters. The van der Waals surface area contributed by atoms with Gasteiger partial charge < -0.3 is 5.11 Å². The summed E-state index contributed by atoms with van der Waals surface area (Å²) in [5.41, 5.74) is 1.71. The van der Waals surface area contributed by atoms with Gasteiger partial charge in [0.25, 0.3) is 5.91 Å². The second kappa shape index (κ2) is 5.29. The number of aliphatic carboxylic acids is 1. The summed E-state index contributed by atoms with van der Waals surface area (Å²) in [6.07, 6.45) is 0.311. The third-order valence-corrected chi connectivity index (χ3v) is 3.86. The van der Waals surface area contributed by atoms with Gasteiger partial charge in [0.1, 0.15) is 16.3 Å². The molecule has 2 heterocycles. The number of para-hydroxylation sites is 1. The molecule has 1 aliphatic heterocycles. The monoisotopic (exact) mass is 346 g/mol. The Balaban J connectivity index is 2.05. The number of carbonyl (C=O) groups excluding carboxylic acids is 1. The van der Waals surface area contributed by atoms with E-state index >= 15 is 0 Å². The Hall–Kier alpha value is -2.21. The van der Waals surface area contributed by atoms with Crippen molar-refractivity contribution in [2.75, 3.05) is 4.90 Å². The van der Waals surface area contributed by atoms with E-state index in [1.807, 2.05) is 12.1 Å². The summed E-state index contributed by atoms with van der Waals surface area (Å²) in [6, 6.07) is 11.3. The second-order valence-electron chi connectivity index (χ2n) is 4.71. The molecule has 106 valence electrons. The molecule has 1 aromatic heterocycles. The summed E-state index contributed by atoms with van der Waals surface area (Å²) in [7, 11) is 0. The quantitative estimate of drug-likeness (QED) is 0.848. The lowest BCUT2D eigenvalue weighted by Crippen LogP contribution is -2.43. The van der Waals surface area contributed by atoms with Crippen LogP contribution in [0.2, 0.25) is 0 Å². The van der Waals surface area contributed by atoms with E-state index in [2.05, 4.69) is 20.9 Å². The first-order valence-corrected chi connectivity index (χ1v) is 7.14. The van der Waals surface area contributed by atoms with E-state index in [-0.39, 0.29) is 5.69 Å². The number of carbonyl (C=O) groups is 2. The minimum atomic E-state index is -1.02. The van der Waals surface area contributed by atoms with Gasteiger partial charge in [0, 0.05) is 12.1 Å². The molecule has 0 saturated carbocycles. The fourth-order valence-electron chi connectivity index (χ4n) is 2.49. The predicted octanol–water partition coefficient (Wildman–Crippen LogP) is 2.50. The minimum absolute atomic E-state index is 0.215. The average molecular weight is 347 g/mol. The molecule has 2 aromatic rings. The van der Waals surface area contributed by atoms with Gasteiger partial charge in [-0.2, -0.15) is 0 Å². The van der Waals surface area contributed by atoms with Crippen LogP contribution in [0.1, 0.15) is 16.1 Å². The third kappa shape index (κ3) is 2.42. The molecule has 1 aromatic carbocycles. The van der Waals surface area contributed by atoms with E-state index in [0.29, 0.717) is 16.7 Å². The Morgan fingerprint density at radius 1 is 1.19 bits per heavy atom. The molecule has 3 rings (SSSR count). The number of fused-ring (bicyclic) bond motifs is 1. The molecule has 0 radical (unpaired) electrons. The van der Waals surface area contributed by atoms with Crippen LogP contribution >= 0.6 is 15.9 Å². The maximum absolute atomic E-state index is 12.7. The van der Waals surface area contributed by atoms with Gasteiger partial charge in [-0.3, -0.25) is 9.69 Å². The smallest absolute Gasteiger partial charge is 0.327 e. The van der Waals surface area contributed by atoms with Gasteiger partial charge in [-0.25, -0.2) is 9.78 Å². The van der Waals surface area contributed by atoms with Gasteiger partial charge in [0.2, 0.25) is 0 Å². The van der Waals surface area contributed by atoms with Gasteiger partial charge in [0.05, 0.1) is 0 Å². The lowest BCUT2D eigenvalue weighted by Gasteiger charge is -2.22. The molecule has 0 bridgehead atoms. The van der Waals surface area contributed by atoms with Crippen molar-refractivity contribution in [2.45, 2.75) is 12.5 Å². The fourth-order valence-corrected chi connectivity index (χ4v) is 2.83. The van der Waals surface area contributed by atoms with Gasteiger partial charge in [-0.1, -0.05) is 24.3 Å². The predicted molar refractivity (Wildman–Crippen MR) is 80.3 cm³/mol. The molecule has 21 heavy (non-hydrogen) atoms. The molecule has 0 aliphatic carbocycles. The molecule has 0 spiro atoms. The van der Waals surface area contributed by atoms with E-state index < -0.39 is 17.9 Å². The molecule has 1 N–H and O–H groups in total. The summed E-state index contributed by atoms with van der Waals surface area (Å²) in [6.45, 7) is 0. The normalized spacial score (nSPS) is 16.6. The largest absolute Gasteiger partial charge is 0.480 e. The number of rotatable bonds is 2. The van der Waals surface area contributed by atoms with Crippen LogP contribution in [-0.2, 0) is 11.2 Å². The Bertz CT molecular complexity index is 732. The number of anilines is 1.